The van der Waals surface area contributed by atoms with Gasteiger partial charge in [-0.05, 0) is 20.5 Å². The molecule has 0 aromatic carbocycles. The number of rotatable bonds is 6. The van der Waals surface area contributed by atoms with Crippen molar-refractivity contribution in [2.24, 2.45) is 0 Å². The Hall–Kier alpha value is -1.40. The van der Waals surface area contributed by atoms with Crippen molar-refractivity contribution in [3.05, 3.63) is 12.7 Å². The molecule has 0 radical (unpaired) electrons. The van der Waals surface area contributed by atoms with Crippen molar-refractivity contribution in [3.63, 3.8) is 0 Å². The maximum absolute atomic E-state index is 10.4. The van der Waals surface area contributed by atoms with E-state index in [0.717, 1.165) is 0 Å². The molecule has 0 aromatic rings. The van der Waals surface area contributed by atoms with Crippen molar-refractivity contribution in [2.75, 3.05) is 41.8 Å². The summed E-state index contributed by atoms with van der Waals surface area (Å²) < 4.78 is 0.419. The third kappa shape index (κ3) is 12.7. The summed E-state index contributed by atoms with van der Waals surface area (Å²) >= 11 is 0. The van der Waals surface area contributed by atoms with Gasteiger partial charge in [-0.25, -0.2) is 0 Å². The minimum absolute atomic E-state index is 0.0694. The first-order chi connectivity index (χ1) is 8.01. The molecule has 6 nitrogen and oxygen atoms in total. The number of nitrogens with zero attached hydrogens (tertiary/aromatic N) is 2. The van der Waals surface area contributed by atoms with Crippen molar-refractivity contribution in [2.45, 2.75) is 12.5 Å². The number of quaternary nitrogens is 1. The number of aliphatic carboxylic acids is 2. The monoisotopic (exact) mass is 260 g/mol. The molecule has 6 heteroatoms. The molecule has 1 unspecified atom stereocenters. The lowest BCUT2D eigenvalue weighted by Gasteiger charge is -2.23. The predicted octanol–water partition coefficient (Wildman–Crippen LogP) is -0.980. The molecule has 0 aliphatic rings. The van der Waals surface area contributed by atoms with Crippen LogP contribution in [0.25, 0.3) is 0 Å². The zero-order valence-corrected chi connectivity index (χ0v) is 11.8. The molecular formula is C12H24N2O4. The fraction of sp³-hybridized carbons (Fsp3) is 0.667. The van der Waals surface area contributed by atoms with Crippen LogP contribution in [0.4, 0.5) is 0 Å². The molecule has 1 atom stereocenters. The second-order valence-electron chi connectivity index (χ2n) is 5.16. The summed E-state index contributed by atoms with van der Waals surface area (Å²) in [5, 5.41) is 18.5. The average molecular weight is 260 g/mol. The molecule has 0 rings (SSSR count). The topological polar surface area (TPSA) is 80.7 Å². The van der Waals surface area contributed by atoms with E-state index in [9.17, 15) is 14.7 Å². The van der Waals surface area contributed by atoms with E-state index in [-0.39, 0.29) is 6.54 Å². The Morgan fingerprint density at radius 2 is 1.83 bits per heavy atom. The first kappa shape index (κ1) is 19.0. The maximum atomic E-state index is 10.4. The second-order valence-corrected chi connectivity index (χ2v) is 5.16. The third-order valence-electron chi connectivity index (χ3n) is 1.90. The van der Waals surface area contributed by atoms with Gasteiger partial charge in [-0.2, -0.15) is 0 Å². The number of carboxylic acids is 2. The van der Waals surface area contributed by atoms with Gasteiger partial charge in [0.1, 0.15) is 12.6 Å². The normalized spacial score (nSPS) is 12.3. The smallest absolute Gasteiger partial charge is 0.321 e. The molecule has 0 heterocycles. The van der Waals surface area contributed by atoms with Crippen molar-refractivity contribution >= 4 is 11.9 Å². The first-order valence-electron chi connectivity index (χ1n) is 5.51. The largest absolute Gasteiger partial charge is 0.544 e. The van der Waals surface area contributed by atoms with Crippen molar-refractivity contribution in [3.8, 4) is 0 Å². The fourth-order valence-electron chi connectivity index (χ4n) is 1.08. The number of carbonyl (C=O) groups excluding carboxylic acids is 1. The lowest BCUT2D eigenvalue weighted by atomic mass is 10.2. The SMILES string of the molecule is C=CCC(C(=O)O)N(C)C.C[N+](C)(C)CC(=O)[O-]. The van der Waals surface area contributed by atoms with Crippen molar-refractivity contribution in [1.82, 2.24) is 4.90 Å². The molecule has 0 saturated carbocycles. The highest BCUT2D eigenvalue weighted by Crippen LogP contribution is 1.99. The lowest BCUT2D eigenvalue weighted by Crippen LogP contribution is -2.45. The van der Waals surface area contributed by atoms with Crippen LogP contribution in [-0.2, 0) is 9.59 Å². The Bertz CT molecular complexity index is 282. The van der Waals surface area contributed by atoms with Gasteiger partial charge >= 0.3 is 5.97 Å². The van der Waals surface area contributed by atoms with E-state index in [1.165, 1.54) is 0 Å². The van der Waals surface area contributed by atoms with E-state index < -0.39 is 18.0 Å². The summed E-state index contributed by atoms with van der Waals surface area (Å²) in [4.78, 5) is 22.0. The molecule has 106 valence electrons. The standard InChI is InChI=1S/C7H13NO2.C5H11NO2/c1-4-5-6(7(9)10)8(2)3;1-6(2,3)4-5(7)8/h4,6H,1,5H2,2-3H3,(H,9,10);4H2,1-3H3. The van der Waals surface area contributed by atoms with E-state index in [1.807, 2.05) is 0 Å². The zero-order chi connectivity index (χ0) is 14.9. The molecule has 0 aliphatic heterocycles. The quantitative estimate of drug-likeness (QED) is 0.490. The van der Waals surface area contributed by atoms with Gasteiger partial charge in [0.2, 0.25) is 0 Å². The first-order valence-corrected chi connectivity index (χ1v) is 5.51. The summed E-state index contributed by atoms with van der Waals surface area (Å²) in [5.41, 5.74) is 0. The molecule has 0 fully saturated rings. The Balaban J connectivity index is 0. The van der Waals surface area contributed by atoms with Gasteiger partial charge in [0.05, 0.1) is 27.1 Å². The molecule has 0 aromatic heterocycles. The maximum Gasteiger partial charge on any atom is 0.321 e. The van der Waals surface area contributed by atoms with E-state index in [0.29, 0.717) is 10.9 Å². The minimum Gasteiger partial charge on any atom is -0.544 e. The number of carboxylic acid groups (broad SMARTS) is 2. The van der Waals surface area contributed by atoms with E-state index >= 15 is 0 Å². The van der Waals surface area contributed by atoms with Gasteiger partial charge in [0.15, 0.2) is 0 Å². The van der Waals surface area contributed by atoms with Crippen LogP contribution in [0, 0.1) is 0 Å². The third-order valence-corrected chi connectivity index (χ3v) is 1.90. The van der Waals surface area contributed by atoms with Gasteiger partial charge < -0.3 is 19.5 Å². The Labute approximate surface area is 109 Å². The molecule has 1 N–H and O–H groups in total. The Kier molecular flexibility index (Phi) is 9.11. The number of likely N-dealkylation sites (N-methyl/N-ethyl adjacent to an activating group) is 2. The minimum atomic E-state index is -1.00. The molecule has 0 bridgehead atoms. The van der Waals surface area contributed by atoms with Crippen molar-refractivity contribution in [1.29, 1.82) is 0 Å². The van der Waals surface area contributed by atoms with Crippen LogP contribution in [0.3, 0.4) is 0 Å². The number of hydrogen-bond acceptors (Lipinski definition) is 4. The Morgan fingerprint density at radius 3 is 1.89 bits per heavy atom. The molecule has 0 aliphatic carbocycles. The fourth-order valence-corrected chi connectivity index (χ4v) is 1.08. The summed E-state index contributed by atoms with van der Waals surface area (Å²) in [5.74, 6) is -1.80. The van der Waals surface area contributed by atoms with Crippen LogP contribution in [0.1, 0.15) is 6.42 Å². The molecule has 0 spiro atoms. The van der Waals surface area contributed by atoms with Crippen LogP contribution in [0.5, 0.6) is 0 Å². The van der Waals surface area contributed by atoms with Gasteiger partial charge in [-0.1, -0.05) is 6.08 Å². The number of hydrogen-bond donors (Lipinski definition) is 1. The van der Waals surface area contributed by atoms with Crippen LogP contribution in [-0.4, -0.2) is 74.3 Å². The summed E-state index contributed by atoms with van der Waals surface area (Å²) in [6.45, 7) is 3.54. The van der Waals surface area contributed by atoms with E-state index in [2.05, 4.69) is 6.58 Å². The molecule has 0 amide bonds. The summed E-state index contributed by atoms with van der Waals surface area (Å²) in [7, 11) is 8.88. The zero-order valence-electron chi connectivity index (χ0n) is 11.8. The predicted molar refractivity (Wildman–Crippen MR) is 67.8 cm³/mol. The van der Waals surface area contributed by atoms with E-state index in [1.54, 1.807) is 46.2 Å². The Morgan fingerprint density at radius 1 is 1.39 bits per heavy atom. The summed E-state index contributed by atoms with van der Waals surface area (Å²) in [6, 6.07) is -0.433. The van der Waals surface area contributed by atoms with E-state index in [4.69, 9.17) is 5.11 Å². The van der Waals surface area contributed by atoms with Crippen LogP contribution >= 0.6 is 0 Å². The van der Waals surface area contributed by atoms with Gasteiger partial charge in [0, 0.05) is 0 Å². The van der Waals surface area contributed by atoms with Gasteiger partial charge in [-0.15, -0.1) is 6.58 Å². The van der Waals surface area contributed by atoms with Crippen LogP contribution in [0.15, 0.2) is 12.7 Å². The van der Waals surface area contributed by atoms with Gasteiger partial charge in [-0.3, -0.25) is 9.69 Å². The number of carbonyl (C=O) groups is 2. The molecule has 18 heavy (non-hydrogen) atoms. The average Bonchev–Trinajstić information content (AvgIpc) is 2.09. The second kappa shape index (κ2) is 8.66. The highest BCUT2D eigenvalue weighted by Gasteiger charge is 2.16. The molecule has 0 saturated heterocycles. The lowest BCUT2D eigenvalue weighted by molar-refractivity contribution is -0.864. The highest BCUT2D eigenvalue weighted by molar-refractivity contribution is 5.73. The van der Waals surface area contributed by atoms with Crippen LogP contribution < -0.4 is 5.11 Å². The summed E-state index contributed by atoms with van der Waals surface area (Å²) in [6.07, 6.45) is 2.10. The molecular weight excluding hydrogens is 236 g/mol. The highest BCUT2D eigenvalue weighted by atomic mass is 16.4. The van der Waals surface area contributed by atoms with Crippen molar-refractivity contribution < 1.29 is 24.3 Å². The van der Waals surface area contributed by atoms with Crippen LogP contribution in [0.2, 0.25) is 0 Å². The van der Waals surface area contributed by atoms with Gasteiger partial charge in [0.25, 0.3) is 0 Å².